The largest absolute Gasteiger partial charge is 0.326 e. The average Bonchev–Trinajstić information content (AvgIpc) is 3.20. The second-order valence-corrected chi connectivity index (χ2v) is 6.98. The van der Waals surface area contributed by atoms with Gasteiger partial charge in [-0.1, -0.05) is 55.5 Å². The summed E-state index contributed by atoms with van der Waals surface area (Å²) in [6.07, 6.45) is 2.16. The van der Waals surface area contributed by atoms with Gasteiger partial charge in [0.1, 0.15) is 0 Å². The van der Waals surface area contributed by atoms with Crippen molar-refractivity contribution < 1.29 is 0 Å². The van der Waals surface area contributed by atoms with Gasteiger partial charge in [0.2, 0.25) is 0 Å². The minimum atomic E-state index is 0.268. The number of hydrogen-bond donors (Lipinski definition) is 1. The lowest BCUT2D eigenvalue weighted by Crippen LogP contribution is -2.28. The molecular formula is C21H24N4. The zero-order valence-corrected chi connectivity index (χ0v) is 14.5. The lowest BCUT2D eigenvalue weighted by Gasteiger charge is -2.15. The number of likely N-dealkylation sites (tertiary alicyclic amines) is 1. The number of benzene rings is 2. The van der Waals surface area contributed by atoms with Crippen molar-refractivity contribution in [2.24, 2.45) is 11.7 Å². The Labute approximate surface area is 148 Å². The Bertz CT molecular complexity index is 816. The van der Waals surface area contributed by atoms with E-state index in [1.54, 1.807) is 0 Å². The van der Waals surface area contributed by atoms with Crippen LogP contribution in [0.15, 0.2) is 66.9 Å². The van der Waals surface area contributed by atoms with Gasteiger partial charge in [0.25, 0.3) is 0 Å². The Kier molecular flexibility index (Phi) is 4.38. The summed E-state index contributed by atoms with van der Waals surface area (Å²) in [5, 5.41) is 4.89. The summed E-state index contributed by atoms with van der Waals surface area (Å²) < 4.78 is 1.98. The Morgan fingerprint density at radius 2 is 1.68 bits per heavy atom. The molecule has 0 amide bonds. The van der Waals surface area contributed by atoms with Crippen molar-refractivity contribution in [1.29, 1.82) is 0 Å². The monoisotopic (exact) mass is 332 g/mol. The molecule has 2 N–H and O–H groups in total. The molecule has 2 unspecified atom stereocenters. The SMILES string of the molecule is CC1CN(Cc2cn(-c3ccccc3)nc2-c2ccccc2)CC1N. The predicted octanol–water partition coefficient (Wildman–Crippen LogP) is 3.32. The van der Waals surface area contributed by atoms with Gasteiger partial charge in [0, 0.05) is 43.0 Å². The molecule has 1 saturated heterocycles. The fourth-order valence-corrected chi connectivity index (χ4v) is 3.54. The van der Waals surface area contributed by atoms with Crippen molar-refractivity contribution in [3.8, 4) is 16.9 Å². The molecule has 2 heterocycles. The van der Waals surface area contributed by atoms with Gasteiger partial charge in [0.15, 0.2) is 0 Å². The van der Waals surface area contributed by atoms with Crippen LogP contribution < -0.4 is 5.73 Å². The maximum atomic E-state index is 6.21. The van der Waals surface area contributed by atoms with Crippen molar-refractivity contribution in [1.82, 2.24) is 14.7 Å². The highest BCUT2D eigenvalue weighted by Crippen LogP contribution is 2.26. The quantitative estimate of drug-likeness (QED) is 0.797. The number of para-hydroxylation sites is 1. The third-order valence-corrected chi connectivity index (χ3v) is 5.00. The summed E-state index contributed by atoms with van der Waals surface area (Å²) >= 11 is 0. The van der Waals surface area contributed by atoms with Crippen LogP contribution in [0.3, 0.4) is 0 Å². The standard InChI is InChI=1S/C21H24N4/c1-16-12-24(15-20(16)22)13-18-14-25(19-10-6-3-7-11-19)23-21(18)17-8-4-2-5-9-17/h2-11,14,16,20H,12-13,15,22H2,1H3. The van der Waals surface area contributed by atoms with Gasteiger partial charge in [0.05, 0.1) is 11.4 Å². The van der Waals surface area contributed by atoms with E-state index in [1.807, 2.05) is 28.9 Å². The first-order valence-electron chi connectivity index (χ1n) is 8.88. The molecule has 1 fully saturated rings. The van der Waals surface area contributed by atoms with Gasteiger partial charge in [-0.15, -0.1) is 0 Å². The molecule has 2 aromatic carbocycles. The van der Waals surface area contributed by atoms with Crippen LogP contribution in [0.4, 0.5) is 0 Å². The van der Waals surface area contributed by atoms with E-state index in [0.29, 0.717) is 5.92 Å². The molecule has 4 rings (SSSR count). The highest BCUT2D eigenvalue weighted by atomic mass is 15.3. The molecule has 4 nitrogen and oxygen atoms in total. The summed E-state index contributed by atoms with van der Waals surface area (Å²) in [6, 6.07) is 21.0. The van der Waals surface area contributed by atoms with E-state index >= 15 is 0 Å². The number of aromatic nitrogens is 2. The summed E-state index contributed by atoms with van der Waals surface area (Å²) in [5.41, 5.74) is 10.7. The Balaban J connectivity index is 1.70. The first-order chi connectivity index (χ1) is 12.2. The first-order valence-corrected chi connectivity index (χ1v) is 8.88. The molecule has 1 aliphatic rings. The van der Waals surface area contributed by atoms with Crippen LogP contribution in [0.1, 0.15) is 12.5 Å². The first kappa shape index (κ1) is 16.1. The van der Waals surface area contributed by atoms with E-state index in [2.05, 4.69) is 54.4 Å². The molecule has 0 bridgehead atoms. The van der Waals surface area contributed by atoms with Crippen LogP contribution in [-0.4, -0.2) is 33.8 Å². The summed E-state index contributed by atoms with van der Waals surface area (Å²) in [6.45, 7) is 5.11. The Hall–Kier alpha value is -2.43. The molecule has 0 spiro atoms. The zero-order valence-electron chi connectivity index (χ0n) is 14.5. The third kappa shape index (κ3) is 3.36. The van der Waals surface area contributed by atoms with Crippen molar-refractivity contribution in [2.45, 2.75) is 19.5 Å². The number of nitrogens with zero attached hydrogens (tertiary/aromatic N) is 3. The van der Waals surface area contributed by atoms with E-state index in [4.69, 9.17) is 10.8 Å². The highest BCUT2D eigenvalue weighted by Gasteiger charge is 2.27. The molecule has 0 aliphatic carbocycles. The van der Waals surface area contributed by atoms with Crippen LogP contribution in [0.25, 0.3) is 16.9 Å². The fraction of sp³-hybridized carbons (Fsp3) is 0.286. The topological polar surface area (TPSA) is 47.1 Å². The van der Waals surface area contributed by atoms with E-state index in [-0.39, 0.29) is 6.04 Å². The van der Waals surface area contributed by atoms with E-state index < -0.39 is 0 Å². The van der Waals surface area contributed by atoms with Crippen LogP contribution in [0.2, 0.25) is 0 Å². The molecule has 1 aliphatic heterocycles. The lowest BCUT2D eigenvalue weighted by molar-refractivity contribution is 0.319. The normalized spacial score (nSPS) is 20.9. The minimum Gasteiger partial charge on any atom is -0.326 e. The van der Waals surface area contributed by atoms with Crippen LogP contribution >= 0.6 is 0 Å². The van der Waals surface area contributed by atoms with E-state index in [9.17, 15) is 0 Å². The highest BCUT2D eigenvalue weighted by molar-refractivity contribution is 5.63. The molecule has 1 aromatic heterocycles. The van der Waals surface area contributed by atoms with Gasteiger partial charge in [-0.3, -0.25) is 4.90 Å². The van der Waals surface area contributed by atoms with E-state index in [1.165, 1.54) is 5.56 Å². The molecule has 25 heavy (non-hydrogen) atoms. The van der Waals surface area contributed by atoms with Crippen LogP contribution in [-0.2, 0) is 6.54 Å². The van der Waals surface area contributed by atoms with Crippen LogP contribution in [0, 0.1) is 5.92 Å². The Morgan fingerprint density at radius 3 is 2.32 bits per heavy atom. The molecule has 0 saturated carbocycles. The van der Waals surface area contributed by atoms with Crippen molar-refractivity contribution in [2.75, 3.05) is 13.1 Å². The van der Waals surface area contributed by atoms with Gasteiger partial charge in [-0.2, -0.15) is 5.10 Å². The van der Waals surface area contributed by atoms with Crippen LogP contribution in [0.5, 0.6) is 0 Å². The molecular weight excluding hydrogens is 308 g/mol. The minimum absolute atomic E-state index is 0.268. The molecule has 4 heteroatoms. The fourth-order valence-electron chi connectivity index (χ4n) is 3.54. The van der Waals surface area contributed by atoms with Gasteiger partial charge in [-0.05, 0) is 18.1 Å². The van der Waals surface area contributed by atoms with E-state index in [0.717, 1.165) is 36.6 Å². The average molecular weight is 332 g/mol. The van der Waals surface area contributed by atoms with Gasteiger partial charge < -0.3 is 5.73 Å². The molecule has 2 atom stereocenters. The lowest BCUT2D eigenvalue weighted by atomic mass is 10.1. The van der Waals surface area contributed by atoms with Gasteiger partial charge >= 0.3 is 0 Å². The molecule has 0 radical (unpaired) electrons. The molecule has 3 aromatic rings. The maximum Gasteiger partial charge on any atom is 0.0972 e. The summed E-state index contributed by atoms with van der Waals surface area (Å²) in [5.74, 6) is 0.546. The van der Waals surface area contributed by atoms with Gasteiger partial charge in [-0.25, -0.2) is 4.68 Å². The predicted molar refractivity (Wildman–Crippen MR) is 101 cm³/mol. The number of hydrogen-bond acceptors (Lipinski definition) is 3. The second kappa shape index (κ2) is 6.82. The second-order valence-electron chi connectivity index (χ2n) is 6.98. The third-order valence-electron chi connectivity index (χ3n) is 5.00. The maximum absolute atomic E-state index is 6.21. The molecule has 128 valence electrons. The van der Waals surface area contributed by atoms with Crippen molar-refractivity contribution in [3.05, 3.63) is 72.4 Å². The zero-order chi connectivity index (χ0) is 17.2. The summed E-state index contributed by atoms with van der Waals surface area (Å²) in [7, 11) is 0. The smallest absolute Gasteiger partial charge is 0.0972 e. The number of rotatable bonds is 4. The Morgan fingerprint density at radius 1 is 1.00 bits per heavy atom. The van der Waals surface area contributed by atoms with Crippen molar-refractivity contribution >= 4 is 0 Å². The number of nitrogens with two attached hydrogens (primary N) is 1. The summed E-state index contributed by atoms with van der Waals surface area (Å²) in [4.78, 5) is 2.44. The van der Waals surface area contributed by atoms with Crippen molar-refractivity contribution in [3.63, 3.8) is 0 Å².